The minimum absolute atomic E-state index is 0.319. The van der Waals surface area contributed by atoms with Crippen molar-refractivity contribution in [2.45, 2.75) is 47.0 Å². The molecule has 0 rings (SSSR count). The number of carbonyl (C=O) groups excluding carboxylic acids is 1. The Morgan fingerprint density at radius 2 is 1.91 bits per heavy atom. The van der Waals surface area contributed by atoms with Crippen LogP contribution in [-0.2, 0) is 4.79 Å². The molecule has 0 bridgehead atoms. The van der Waals surface area contributed by atoms with Crippen LogP contribution in [-0.4, -0.2) is 5.78 Å². The molecule has 1 nitrogen and oxygen atoms in total. The fourth-order valence-electron chi connectivity index (χ4n) is 1.40. The molecule has 0 aliphatic carbocycles. The molecule has 0 aromatic rings. The van der Waals surface area contributed by atoms with Gasteiger partial charge in [0.25, 0.3) is 0 Å². The molecule has 11 heavy (non-hydrogen) atoms. The van der Waals surface area contributed by atoms with Crippen molar-refractivity contribution in [3.8, 4) is 0 Å². The average molecular weight is 156 g/mol. The molecule has 0 aliphatic rings. The number of carbonyl (C=O) groups is 1. The third kappa shape index (κ3) is 5.00. The minimum atomic E-state index is 0.319. The number of hydrogen-bond acceptors (Lipinski definition) is 1. The van der Waals surface area contributed by atoms with Crippen LogP contribution in [0.5, 0.6) is 0 Å². The van der Waals surface area contributed by atoms with Gasteiger partial charge in [0.05, 0.1) is 0 Å². The standard InChI is InChI=1S/C10H20O/c1-5-6-10(9(4)11)7-8(2)3/h8,10H,5-7H2,1-4H3. The van der Waals surface area contributed by atoms with E-state index in [1.54, 1.807) is 6.92 Å². The van der Waals surface area contributed by atoms with E-state index in [0.29, 0.717) is 17.6 Å². The fraction of sp³-hybridized carbons (Fsp3) is 0.900. The first-order chi connectivity index (χ1) is 5.07. The van der Waals surface area contributed by atoms with Crippen molar-refractivity contribution < 1.29 is 4.79 Å². The van der Waals surface area contributed by atoms with Crippen LogP contribution in [0.1, 0.15) is 47.0 Å². The first-order valence-electron chi connectivity index (χ1n) is 4.58. The summed E-state index contributed by atoms with van der Waals surface area (Å²) in [6, 6.07) is 0. The maximum atomic E-state index is 11.1. The zero-order valence-electron chi connectivity index (χ0n) is 8.18. The van der Waals surface area contributed by atoms with Gasteiger partial charge in [0.15, 0.2) is 0 Å². The molecule has 0 heterocycles. The van der Waals surface area contributed by atoms with E-state index in [1.165, 1.54) is 0 Å². The van der Waals surface area contributed by atoms with Crippen LogP contribution >= 0.6 is 0 Å². The Morgan fingerprint density at radius 1 is 1.36 bits per heavy atom. The Hall–Kier alpha value is -0.330. The number of rotatable bonds is 5. The molecule has 0 aromatic heterocycles. The Balaban J connectivity index is 3.79. The van der Waals surface area contributed by atoms with Crippen molar-refractivity contribution in [2.24, 2.45) is 11.8 Å². The molecule has 0 spiro atoms. The van der Waals surface area contributed by atoms with Gasteiger partial charge in [0, 0.05) is 5.92 Å². The molecular weight excluding hydrogens is 136 g/mol. The second kappa shape index (κ2) is 5.34. The van der Waals surface area contributed by atoms with Crippen molar-refractivity contribution in [1.29, 1.82) is 0 Å². The smallest absolute Gasteiger partial charge is 0.132 e. The molecule has 66 valence electrons. The second-order valence-corrected chi connectivity index (χ2v) is 3.73. The SMILES string of the molecule is CCCC(CC(C)C)C(C)=O. The first kappa shape index (κ1) is 10.7. The van der Waals surface area contributed by atoms with Crippen LogP contribution in [0.15, 0.2) is 0 Å². The summed E-state index contributed by atoms with van der Waals surface area (Å²) in [5, 5.41) is 0. The molecule has 0 amide bonds. The average Bonchev–Trinajstić information content (AvgIpc) is 1.86. The molecule has 0 N–H and O–H groups in total. The summed E-state index contributed by atoms with van der Waals surface area (Å²) in [5.41, 5.74) is 0. The molecule has 1 atom stereocenters. The van der Waals surface area contributed by atoms with Gasteiger partial charge in [-0.3, -0.25) is 4.79 Å². The predicted octanol–water partition coefficient (Wildman–Crippen LogP) is 3.04. The van der Waals surface area contributed by atoms with Crippen molar-refractivity contribution in [1.82, 2.24) is 0 Å². The summed E-state index contributed by atoms with van der Waals surface area (Å²) < 4.78 is 0. The monoisotopic (exact) mass is 156 g/mol. The lowest BCUT2D eigenvalue weighted by molar-refractivity contribution is -0.121. The Labute approximate surface area is 70.2 Å². The second-order valence-electron chi connectivity index (χ2n) is 3.73. The summed E-state index contributed by atoms with van der Waals surface area (Å²) >= 11 is 0. The van der Waals surface area contributed by atoms with Crippen LogP contribution in [0.2, 0.25) is 0 Å². The highest BCUT2D eigenvalue weighted by molar-refractivity contribution is 5.78. The molecular formula is C10H20O. The minimum Gasteiger partial charge on any atom is -0.300 e. The van der Waals surface area contributed by atoms with Crippen LogP contribution in [0, 0.1) is 11.8 Å². The third-order valence-corrected chi connectivity index (χ3v) is 1.97. The van der Waals surface area contributed by atoms with Crippen molar-refractivity contribution in [3.05, 3.63) is 0 Å². The van der Waals surface area contributed by atoms with Gasteiger partial charge < -0.3 is 0 Å². The van der Waals surface area contributed by atoms with E-state index in [0.717, 1.165) is 19.3 Å². The van der Waals surface area contributed by atoms with Gasteiger partial charge in [-0.2, -0.15) is 0 Å². The molecule has 0 aromatic carbocycles. The van der Waals surface area contributed by atoms with E-state index in [-0.39, 0.29) is 0 Å². The summed E-state index contributed by atoms with van der Waals surface area (Å²) in [7, 11) is 0. The van der Waals surface area contributed by atoms with Gasteiger partial charge in [0.1, 0.15) is 5.78 Å². The van der Waals surface area contributed by atoms with E-state index in [1.807, 2.05) is 0 Å². The lowest BCUT2D eigenvalue weighted by atomic mass is 9.90. The predicted molar refractivity (Wildman–Crippen MR) is 48.5 cm³/mol. The zero-order chi connectivity index (χ0) is 8.85. The maximum absolute atomic E-state index is 11.1. The van der Waals surface area contributed by atoms with E-state index >= 15 is 0 Å². The summed E-state index contributed by atoms with van der Waals surface area (Å²) in [4.78, 5) is 11.1. The molecule has 0 fully saturated rings. The topological polar surface area (TPSA) is 17.1 Å². The van der Waals surface area contributed by atoms with Gasteiger partial charge >= 0.3 is 0 Å². The van der Waals surface area contributed by atoms with Crippen molar-refractivity contribution in [3.63, 3.8) is 0 Å². The highest BCUT2D eigenvalue weighted by Crippen LogP contribution is 2.17. The highest BCUT2D eigenvalue weighted by atomic mass is 16.1. The van der Waals surface area contributed by atoms with Crippen LogP contribution < -0.4 is 0 Å². The van der Waals surface area contributed by atoms with E-state index in [2.05, 4.69) is 20.8 Å². The van der Waals surface area contributed by atoms with Gasteiger partial charge in [-0.15, -0.1) is 0 Å². The van der Waals surface area contributed by atoms with Gasteiger partial charge in [0.2, 0.25) is 0 Å². The molecule has 0 radical (unpaired) electrons. The van der Waals surface area contributed by atoms with E-state index in [9.17, 15) is 4.79 Å². The highest BCUT2D eigenvalue weighted by Gasteiger charge is 2.13. The lowest BCUT2D eigenvalue weighted by Gasteiger charge is -2.14. The van der Waals surface area contributed by atoms with Crippen molar-refractivity contribution >= 4 is 5.78 Å². The molecule has 1 heteroatoms. The summed E-state index contributed by atoms with van der Waals surface area (Å²) in [6.07, 6.45) is 3.24. The zero-order valence-corrected chi connectivity index (χ0v) is 8.18. The van der Waals surface area contributed by atoms with Crippen molar-refractivity contribution in [2.75, 3.05) is 0 Å². The number of hydrogen-bond donors (Lipinski definition) is 0. The summed E-state index contributed by atoms with van der Waals surface area (Å²) in [6.45, 7) is 8.19. The largest absolute Gasteiger partial charge is 0.300 e. The number of ketones is 1. The van der Waals surface area contributed by atoms with Crippen LogP contribution in [0.3, 0.4) is 0 Å². The van der Waals surface area contributed by atoms with Crippen LogP contribution in [0.25, 0.3) is 0 Å². The van der Waals surface area contributed by atoms with E-state index < -0.39 is 0 Å². The molecule has 0 saturated heterocycles. The lowest BCUT2D eigenvalue weighted by Crippen LogP contribution is -2.13. The summed E-state index contributed by atoms with van der Waals surface area (Å²) in [5.74, 6) is 1.33. The van der Waals surface area contributed by atoms with Crippen LogP contribution in [0.4, 0.5) is 0 Å². The Kier molecular flexibility index (Phi) is 5.18. The third-order valence-electron chi connectivity index (χ3n) is 1.97. The van der Waals surface area contributed by atoms with Gasteiger partial charge in [-0.25, -0.2) is 0 Å². The Morgan fingerprint density at radius 3 is 2.18 bits per heavy atom. The van der Waals surface area contributed by atoms with Gasteiger partial charge in [-0.1, -0.05) is 27.2 Å². The molecule has 1 unspecified atom stereocenters. The maximum Gasteiger partial charge on any atom is 0.132 e. The van der Waals surface area contributed by atoms with Gasteiger partial charge in [-0.05, 0) is 25.7 Å². The molecule has 0 aliphatic heterocycles. The quantitative estimate of drug-likeness (QED) is 0.598. The van der Waals surface area contributed by atoms with E-state index in [4.69, 9.17) is 0 Å². The first-order valence-corrected chi connectivity index (χ1v) is 4.58. The number of Topliss-reactive ketones (excluding diaryl/α,β-unsaturated/α-hetero) is 1. The normalized spacial score (nSPS) is 13.5. The Bertz CT molecular complexity index is 116. The fourth-order valence-corrected chi connectivity index (χ4v) is 1.40. The molecule has 0 saturated carbocycles.